The van der Waals surface area contributed by atoms with Crippen molar-refractivity contribution in [1.82, 2.24) is 5.32 Å². The van der Waals surface area contributed by atoms with Gasteiger partial charge in [-0.3, -0.25) is 0 Å². The summed E-state index contributed by atoms with van der Waals surface area (Å²) in [6.07, 6.45) is 22.8. The Labute approximate surface area is 147 Å². The van der Waals surface area contributed by atoms with E-state index in [1.807, 2.05) is 14.1 Å². The van der Waals surface area contributed by atoms with Crippen molar-refractivity contribution in [2.45, 2.75) is 110 Å². The minimum absolute atomic E-state index is 0.846. The first-order valence-corrected chi connectivity index (χ1v) is 10.5. The Morgan fingerprint density at radius 1 is 0.500 bits per heavy atom. The maximum atomic E-state index is 5.66. The molecule has 2 heteroatoms. The van der Waals surface area contributed by atoms with Crippen molar-refractivity contribution in [2.24, 2.45) is 0 Å². The summed E-state index contributed by atoms with van der Waals surface area (Å²) in [5.74, 6) is 0.846. The molecule has 0 aliphatic heterocycles. The van der Waals surface area contributed by atoms with Gasteiger partial charge in [0.25, 0.3) is 0 Å². The van der Waals surface area contributed by atoms with Crippen molar-refractivity contribution in [3.63, 3.8) is 0 Å². The van der Waals surface area contributed by atoms with Crippen LogP contribution in [-0.4, -0.2) is 20.0 Å². The first kappa shape index (κ1) is 24.5. The Kier molecular flexibility index (Phi) is 29.1. The molecular formula is C20H44ClN. The third-order valence-corrected chi connectivity index (χ3v) is 4.25. The molecule has 0 aromatic carbocycles. The SMILES string of the molecule is CCCCCCCCCCCCCCCCCCCl.CNC. The maximum absolute atomic E-state index is 5.66. The average molecular weight is 334 g/mol. The van der Waals surface area contributed by atoms with Crippen LogP contribution in [0.4, 0.5) is 0 Å². The zero-order valence-electron chi connectivity index (χ0n) is 15.9. The second-order valence-corrected chi connectivity index (χ2v) is 6.87. The number of alkyl halides is 1. The van der Waals surface area contributed by atoms with E-state index in [-0.39, 0.29) is 0 Å². The Bertz CT molecular complexity index is 146. The molecule has 0 fully saturated rings. The van der Waals surface area contributed by atoms with Crippen molar-refractivity contribution >= 4 is 11.6 Å². The second kappa shape index (κ2) is 26.2. The highest BCUT2D eigenvalue weighted by molar-refractivity contribution is 6.17. The van der Waals surface area contributed by atoms with E-state index in [2.05, 4.69) is 12.2 Å². The Morgan fingerprint density at radius 2 is 0.727 bits per heavy atom. The fourth-order valence-electron chi connectivity index (χ4n) is 2.64. The highest BCUT2D eigenvalue weighted by Crippen LogP contribution is 2.13. The van der Waals surface area contributed by atoms with E-state index in [4.69, 9.17) is 11.6 Å². The van der Waals surface area contributed by atoms with Gasteiger partial charge < -0.3 is 5.32 Å². The van der Waals surface area contributed by atoms with Gasteiger partial charge in [-0.25, -0.2) is 0 Å². The molecule has 0 amide bonds. The van der Waals surface area contributed by atoms with E-state index < -0.39 is 0 Å². The van der Waals surface area contributed by atoms with Gasteiger partial charge in [0.15, 0.2) is 0 Å². The molecule has 0 rings (SSSR count). The summed E-state index contributed by atoms with van der Waals surface area (Å²) < 4.78 is 0. The van der Waals surface area contributed by atoms with E-state index >= 15 is 0 Å². The smallest absolute Gasteiger partial charge is 0.0223 e. The van der Waals surface area contributed by atoms with Crippen LogP contribution in [0.3, 0.4) is 0 Å². The zero-order valence-corrected chi connectivity index (χ0v) is 16.7. The predicted molar refractivity (Wildman–Crippen MR) is 105 cm³/mol. The molecule has 0 aliphatic rings. The summed E-state index contributed by atoms with van der Waals surface area (Å²) in [7, 11) is 3.75. The quantitative estimate of drug-likeness (QED) is 0.230. The fraction of sp³-hybridized carbons (Fsp3) is 1.00. The average Bonchev–Trinajstić information content (AvgIpc) is 2.52. The molecule has 1 nitrogen and oxygen atoms in total. The van der Waals surface area contributed by atoms with Gasteiger partial charge >= 0.3 is 0 Å². The van der Waals surface area contributed by atoms with E-state index in [1.165, 1.54) is 103 Å². The van der Waals surface area contributed by atoms with Crippen LogP contribution in [0, 0.1) is 0 Å². The van der Waals surface area contributed by atoms with E-state index in [0.717, 1.165) is 5.88 Å². The van der Waals surface area contributed by atoms with Crippen molar-refractivity contribution in [3.05, 3.63) is 0 Å². The Balaban J connectivity index is 0. The molecule has 136 valence electrons. The van der Waals surface area contributed by atoms with E-state index in [9.17, 15) is 0 Å². The molecule has 0 saturated heterocycles. The largest absolute Gasteiger partial charge is 0.323 e. The molecule has 1 N–H and O–H groups in total. The summed E-state index contributed by atoms with van der Waals surface area (Å²) >= 11 is 5.66. The number of rotatable bonds is 16. The second-order valence-electron chi connectivity index (χ2n) is 6.49. The summed E-state index contributed by atoms with van der Waals surface area (Å²) in [6, 6.07) is 0. The van der Waals surface area contributed by atoms with Gasteiger partial charge in [-0.2, -0.15) is 0 Å². The number of nitrogens with one attached hydrogen (secondary N) is 1. The number of hydrogen-bond acceptors (Lipinski definition) is 1. The third-order valence-electron chi connectivity index (χ3n) is 3.99. The van der Waals surface area contributed by atoms with Crippen molar-refractivity contribution in [1.29, 1.82) is 0 Å². The fourth-order valence-corrected chi connectivity index (χ4v) is 2.83. The lowest BCUT2D eigenvalue weighted by Crippen LogP contribution is -1.89. The highest BCUT2D eigenvalue weighted by Gasteiger charge is 1.94. The van der Waals surface area contributed by atoms with Gasteiger partial charge in [0.1, 0.15) is 0 Å². The molecule has 22 heavy (non-hydrogen) atoms. The minimum atomic E-state index is 0.846. The first-order valence-electron chi connectivity index (χ1n) is 9.97. The normalized spacial score (nSPS) is 10.4. The van der Waals surface area contributed by atoms with Gasteiger partial charge in [-0.15, -0.1) is 11.6 Å². The highest BCUT2D eigenvalue weighted by atomic mass is 35.5. The van der Waals surface area contributed by atoms with Crippen molar-refractivity contribution in [2.75, 3.05) is 20.0 Å². The summed E-state index contributed by atoms with van der Waals surface area (Å²) in [6.45, 7) is 2.29. The number of unbranched alkanes of at least 4 members (excludes halogenated alkanes) is 15. The number of hydrogen-bond donors (Lipinski definition) is 1. The zero-order chi connectivity index (χ0) is 16.7. The summed E-state index contributed by atoms with van der Waals surface area (Å²) in [5.41, 5.74) is 0. The molecule has 0 aromatic rings. The molecule has 0 heterocycles. The van der Waals surface area contributed by atoms with E-state index in [0.29, 0.717) is 0 Å². The van der Waals surface area contributed by atoms with Crippen LogP contribution in [0.1, 0.15) is 110 Å². The van der Waals surface area contributed by atoms with Crippen LogP contribution in [0.5, 0.6) is 0 Å². The number of halogens is 1. The molecule has 0 bridgehead atoms. The first-order chi connectivity index (χ1) is 10.8. The van der Waals surface area contributed by atoms with Crippen molar-refractivity contribution < 1.29 is 0 Å². The summed E-state index contributed by atoms with van der Waals surface area (Å²) in [5, 5.41) is 2.75. The molecule has 0 aliphatic carbocycles. The molecule has 0 unspecified atom stereocenters. The standard InChI is InChI=1S/C18H37Cl.C2H7N/c1-2-3-4-5-6-7-8-9-10-11-12-13-14-15-16-17-18-19;1-3-2/h2-18H2,1H3;3H,1-2H3. The van der Waals surface area contributed by atoms with Gasteiger partial charge in [0.2, 0.25) is 0 Å². The van der Waals surface area contributed by atoms with Gasteiger partial charge in [0, 0.05) is 5.88 Å². The van der Waals surface area contributed by atoms with Gasteiger partial charge in [-0.1, -0.05) is 103 Å². The van der Waals surface area contributed by atoms with Gasteiger partial charge in [0.05, 0.1) is 0 Å². The lowest BCUT2D eigenvalue weighted by Gasteiger charge is -2.03. The Morgan fingerprint density at radius 3 is 0.955 bits per heavy atom. The predicted octanol–water partition coefficient (Wildman–Crippen LogP) is 7.32. The molecule has 0 spiro atoms. The third kappa shape index (κ3) is 28.4. The van der Waals surface area contributed by atoms with Crippen LogP contribution in [0.15, 0.2) is 0 Å². The lowest BCUT2D eigenvalue weighted by atomic mass is 10.0. The van der Waals surface area contributed by atoms with Crippen LogP contribution in [0.2, 0.25) is 0 Å². The van der Waals surface area contributed by atoms with Crippen LogP contribution >= 0.6 is 11.6 Å². The molecule has 0 saturated carbocycles. The maximum Gasteiger partial charge on any atom is 0.0223 e. The van der Waals surface area contributed by atoms with Crippen LogP contribution in [0.25, 0.3) is 0 Å². The van der Waals surface area contributed by atoms with Crippen LogP contribution in [-0.2, 0) is 0 Å². The lowest BCUT2D eigenvalue weighted by molar-refractivity contribution is 0.531. The van der Waals surface area contributed by atoms with E-state index in [1.54, 1.807) is 0 Å². The van der Waals surface area contributed by atoms with Gasteiger partial charge in [-0.05, 0) is 20.5 Å². The Hall–Kier alpha value is 0.250. The van der Waals surface area contributed by atoms with Crippen molar-refractivity contribution in [3.8, 4) is 0 Å². The summed E-state index contributed by atoms with van der Waals surface area (Å²) in [4.78, 5) is 0. The molecule has 0 atom stereocenters. The monoisotopic (exact) mass is 333 g/mol. The molecular weight excluding hydrogens is 290 g/mol. The molecule has 0 aromatic heterocycles. The minimum Gasteiger partial charge on any atom is -0.323 e. The topological polar surface area (TPSA) is 12.0 Å². The van der Waals surface area contributed by atoms with Crippen LogP contribution < -0.4 is 5.32 Å². The molecule has 0 radical (unpaired) electrons.